The fraction of sp³-hybridized carbons (Fsp3) is 0.524. The van der Waals surface area contributed by atoms with Crippen LogP contribution >= 0.6 is 0 Å². The highest BCUT2D eigenvalue weighted by Gasteiger charge is 2.30. The molecular formula is C21H30N6O4. The summed E-state index contributed by atoms with van der Waals surface area (Å²) in [5.41, 5.74) is 0.932. The molecule has 0 aliphatic carbocycles. The van der Waals surface area contributed by atoms with Crippen LogP contribution in [0.5, 0.6) is 11.5 Å². The maximum Gasteiger partial charge on any atom is 0.353 e. The lowest BCUT2D eigenvalue weighted by Gasteiger charge is -2.35. The smallest absolute Gasteiger partial charge is 0.353 e. The highest BCUT2D eigenvalue weighted by Crippen LogP contribution is 2.34. The molecule has 1 aromatic heterocycles. The van der Waals surface area contributed by atoms with Gasteiger partial charge in [-0.2, -0.15) is 0 Å². The van der Waals surface area contributed by atoms with Gasteiger partial charge in [0.25, 0.3) is 0 Å². The van der Waals surface area contributed by atoms with Crippen molar-refractivity contribution in [1.29, 1.82) is 0 Å². The molecule has 2 heterocycles. The number of nitrogens with zero attached hydrogens (tertiary/aromatic N) is 5. The Labute approximate surface area is 182 Å². The first-order chi connectivity index (χ1) is 14.9. The fourth-order valence-corrected chi connectivity index (χ4v) is 3.84. The second kappa shape index (κ2) is 10.3. The second-order valence-electron chi connectivity index (χ2n) is 7.66. The molecule has 3 rings (SSSR count). The van der Waals surface area contributed by atoms with E-state index in [0.717, 1.165) is 31.5 Å². The molecule has 0 spiro atoms. The van der Waals surface area contributed by atoms with Crippen LogP contribution in [0, 0.1) is 10.1 Å². The average Bonchev–Trinajstić information content (AvgIpc) is 2.78. The molecule has 1 aromatic carbocycles. The number of methoxy groups -OCH3 is 2. The van der Waals surface area contributed by atoms with Gasteiger partial charge < -0.3 is 24.6 Å². The Balaban J connectivity index is 1.73. The van der Waals surface area contributed by atoms with Gasteiger partial charge in [0.1, 0.15) is 6.33 Å². The number of nitrogens with one attached hydrogen (secondary N) is 1. The van der Waals surface area contributed by atoms with E-state index in [4.69, 9.17) is 9.47 Å². The Morgan fingerprint density at radius 3 is 2.58 bits per heavy atom. The van der Waals surface area contributed by atoms with E-state index in [0.29, 0.717) is 30.3 Å². The minimum Gasteiger partial charge on any atom is -0.493 e. The molecule has 0 bridgehead atoms. The maximum absolute atomic E-state index is 11.9. The van der Waals surface area contributed by atoms with Crippen molar-refractivity contribution in [3.05, 3.63) is 40.2 Å². The summed E-state index contributed by atoms with van der Waals surface area (Å²) in [6.07, 6.45) is 3.90. The number of benzene rings is 1. The molecule has 0 radical (unpaired) electrons. The van der Waals surface area contributed by atoms with E-state index < -0.39 is 4.92 Å². The number of aromatic nitrogens is 2. The average molecular weight is 431 g/mol. The normalized spacial score (nSPS) is 14.8. The Morgan fingerprint density at radius 1 is 1.23 bits per heavy atom. The van der Waals surface area contributed by atoms with Crippen molar-refractivity contribution in [2.24, 2.45) is 0 Å². The number of hydrogen-bond donors (Lipinski definition) is 1. The van der Waals surface area contributed by atoms with Crippen molar-refractivity contribution in [2.45, 2.75) is 25.3 Å². The van der Waals surface area contributed by atoms with Gasteiger partial charge in [-0.15, -0.1) is 0 Å². The van der Waals surface area contributed by atoms with E-state index in [-0.39, 0.29) is 17.5 Å². The number of ether oxygens (including phenoxy) is 2. The van der Waals surface area contributed by atoms with Crippen molar-refractivity contribution in [3.8, 4) is 11.5 Å². The van der Waals surface area contributed by atoms with Gasteiger partial charge in [-0.05, 0) is 57.1 Å². The number of nitro groups is 1. The van der Waals surface area contributed by atoms with Gasteiger partial charge in [-0.1, -0.05) is 6.07 Å². The second-order valence-corrected chi connectivity index (χ2v) is 7.66. The van der Waals surface area contributed by atoms with Gasteiger partial charge in [0.2, 0.25) is 11.6 Å². The van der Waals surface area contributed by atoms with Gasteiger partial charge >= 0.3 is 5.69 Å². The molecule has 0 amide bonds. The van der Waals surface area contributed by atoms with Crippen LogP contribution in [0.1, 0.15) is 18.4 Å². The highest BCUT2D eigenvalue weighted by atomic mass is 16.6. The first-order valence-electron chi connectivity index (χ1n) is 10.3. The number of anilines is 2. The van der Waals surface area contributed by atoms with E-state index in [1.54, 1.807) is 14.2 Å². The van der Waals surface area contributed by atoms with Crippen LogP contribution in [0.4, 0.5) is 17.3 Å². The fourth-order valence-electron chi connectivity index (χ4n) is 3.84. The van der Waals surface area contributed by atoms with Crippen molar-refractivity contribution < 1.29 is 14.4 Å². The molecule has 1 saturated heterocycles. The summed E-state index contributed by atoms with van der Waals surface area (Å²) in [4.78, 5) is 24.1. The first kappa shape index (κ1) is 22.5. The lowest BCUT2D eigenvalue weighted by Crippen LogP contribution is -2.42. The number of hydrogen-bond acceptors (Lipinski definition) is 9. The van der Waals surface area contributed by atoms with Crippen LogP contribution in [-0.2, 0) is 6.42 Å². The predicted octanol–water partition coefficient (Wildman–Crippen LogP) is 2.59. The van der Waals surface area contributed by atoms with Crippen LogP contribution < -0.4 is 19.7 Å². The van der Waals surface area contributed by atoms with Crippen LogP contribution in [0.2, 0.25) is 0 Å². The van der Waals surface area contributed by atoms with E-state index in [2.05, 4.69) is 27.2 Å². The summed E-state index contributed by atoms with van der Waals surface area (Å²) in [6, 6.07) is 5.89. The Hall–Kier alpha value is -3.14. The predicted molar refractivity (Wildman–Crippen MR) is 119 cm³/mol. The third-order valence-electron chi connectivity index (χ3n) is 5.71. The van der Waals surface area contributed by atoms with E-state index >= 15 is 0 Å². The summed E-state index contributed by atoms with van der Waals surface area (Å²) in [5, 5.41) is 15.0. The number of piperidine rings is 1. The quantitative estimate of drug-likeness (QED) is 0.474. The van der Waals surface area contributed by atoms with Crippen LogP contribution in [0.25, 0.3) is 0 Å². The van der Waals surface area contributed by atoms with Gasteiger partial charge in [0.15, 0.2) is 11.5 Å². The zero-order valence-electron chi connectivity index (χ0n) is 18.5. The van der Waals surface area contributed by atoms with Crippen LogP contribution in [-0.4, -0.2) is 73.8 Å². The molecule has 31 heavy (non-hydrogen) atoms. The van der Waals surface area contributed by atoms with Crippen molar-refractivity contribution in [1.82, 2.24) is 14.9 Å². The molecule has 1 N–H and O–H groups in total. The summed E-state index contributed by atoms with van der Waals surface area (Å²) < 4.78 is 10.6. The third-order valence-corrected chi connectivity index (χ3v) is 5.71. The molecule has 1 fully saturated rings. The van der Waals surface area contributed by atoms with Crippen LogP contribution in [0.15, 0.2) is 24.5 Å². The lowest BCUT2D eigenvalue weighted by molar-refractivity contribution is -0.383. The van der Waals surface area contributed by atoms with Crippen molar-refractivity contribution in [3.63, 3.8) is 0 Å². The Morgan fingerprint density at radius 2 is 1.94 bits per heavy atom. The van der Waals surface area contributed by atoms with Gasteiger partial charge in [-0.3, -0.25) is 10.1 Å². The molecule has 1 aliphatic heterocycles. The Bertz CT molecular complexity index is 901. The molecule has 2 aromatic rings. The third kappa shape index (κ3) is 5.32. The summed E-state index contributed by atoms with van der Waals surface area (Å²) in [5.74, 6) is 1.89. The molecule has 0 unspecified atom stereocenters. The largest absolute Gasteiger partial charge is 0.493 e. The number of rotatable bonds is 9. The molecule has 168 valence electrons. The van der Waals surface area contributed by atoms with Crippen LogP contribution in [0.3, 0.4) is 0 Å². The van der Waals surface area contributed by atoms with Crippen molar-refractivity contribution in [2.75, 3.05) is 58.2 Å². The minimum atomic E-state index is -0.403. The highest BCUT2D eigenvalue weighted by molar-refractivity contribution is 5.70. The van der Waals surface area contributed by atoms with E-state index in [1.165, 1.54) is 6.33 Å². The Kier molecular flexibility index (Phi) is 7.45. The SMILES string of the molecule is COc1ccc(CCNc2ncnc(N(C)C3CCN(C)CC3)c2[N+](=O)[O-])cc1OC. The summed E-state index contributed by atoms with van der Waals surface area (Å²) >= 11 is 0. The van der Waals surface area contributed by atoms with Gasteiger partial charge in [0.05, 0.1) is 19.1 Å². The molecule has 10 heteroatoms. The molecular weight excluding hydrogens is 400 g/mol. The maximum atomic E-state index is 11.9. The molecule has 10 nitrogen and oxygen atoms in total. The van der Waals surface area contributed by atoms with Crippen molar-refractivity contribution >= 4 is 17.3 Å². The van der Waals surface area contributed by atoms with Gasteiger partial charge in [0, 0.05) is 19.6 Å². The van der Waals surface area contributed by atoms with E-state index in [1.807, 2.05) is 30.1 Å². The van der Waals surface area contributed by atoms with E-state index in [9.17, 15) is 10.1 Å². The first-order valence-corrected chi connectivity index (χ1v) is 10.3. The summed E-state index contributed by atoms with van der Waals surface area (Å²) in [7, 11) is 7.14. The molecule has 0 atom stereocenters. The molecule has 1 aliphatic rings. The topological polar surface area (TPSA) is 106 Å². The monoisotopic (exact) mass is 430 g/mol. The summed E-state index contributed by atoms with van der Waals surface area (Å²) in [6.45, 7) is 2.40. The van der Waals surface area contributed by atoms with Gasteiger partial charge in [-0.25, -0.2) is 9.97 Å². The standard InChI is InChI=1S/C21H30N6O4/c1-25-11-8-16(9-12-25)26(2)21-19(27(28)29)20(23-14-24-21)22-10-7-15-5-6-17(30-3)18(13-15)31-4/h5-6,13-14,16H,7-12H2,1-4H3,(H,22,23,24). The lowest BCUT2D eigenvalue weighted by atomic mass is 10.0. The number of likely N-dealkylation sites (tertiary alicyclic amines) is 1. The zero-order chi connectivity index (χ0) is 22.4. The molecule has 0 saturated carbocycles. The zero-order valence-corrected chi connectivity index (χ0v) is 18.5. The minimum absolute atomic E-state index is 0.0868.